The number of benzene rings is 2. The van der Waals surface area contributed by atoms with Gasteiger partial charge in [-0.15, -0.1) is 11.3 Å². The fourth-order valence-corrected chi connectivity index (χ4v) is 4.26. The Morgan fingerprint density at radius 3 is 2.72 bits per heavy atom. The van der Waals surface area contributed by atoms with Crippen LogP contribution in [-0.2, 0) is 11.2 Å². The summed E-state index contributed by atoms with van der Waals surface area (Å²) in [7, 11) is 3.49. The zero-order valence-electron chi connectivity index (χ0n) is 16.4. The second-order valence-corrected chi connectivity index (χ2v) is 8.21. The Morgan fingerprint density at radius 2 is 1.97 bits per heavy atom. The van der Waals surface area contributed by atoms with E-state index >= 15 is 0 Å². The van der Waals surface area contributed by atoms with Crippen LogP contribution >= 0.6 is 11.3 Å². The smallest absolute Gasteiger partial charge is 0.263 e. The molecule has 0 radical (unpaired) electrons. The summed E-state index contributed by atoms with van der Waals surface area (Å²) in [4.78, 5) is 35.1. The summed E-state index contributed by atoms with van der Waals surface area (Å²) in [5.41, 5.74) is 2.56. The lowest BCUT2D eigenvalue weighted by Gasteiger charge is -2.08. The minimum absolute atomic E-state index is 0.0194. The van der Waals surface area contributed by atoms with Gasteiger partial charge in [-0.05, 0) is 42.8 Å². The monoisotopic (exact) mass is 404 g/mol. The van der Waals surface area contributed by atoms with Crippen molar-refractivity contribution in [1.82, 2.24) is 14.9 Å². The van der Waals surface area contributed by atoms with Crippen LogP contribution in [0.1, 0.15) is 22.2 Å². The van der Waals surface area contributed by atoms with Gasteiger partial charge in [0.25, 0.3) is 5.91 Å². The van der Waals surface area contributed by atoms with Gasteiger partial charge in [0.15, 0.2) is 0 Å². The van der Waals surface area contributed by atoms with Crippen LogP contribution in [-0.4, -0.2) is 40.7 Å². The number of hydrogen-bond acceptors (Lipinski definition) is 6. The van der Waals surface area contributed by atoms with Crippen molar-refractivity contribution >= 4 is 55.7 Å². The second kappa shape index (κ2) is 7.60. The molecule has 4 aromatic rings. The Bertz CT molecular complexity index is 1250. The number of fused-ring (bicyclic) bond motifs is 3. The van der Waals surface area contributed by atoms with Crippen molar-refractivity contribution in [3.63, 3.8) is 0 Å². The summed E-state index contributed by atoms with van der Waals surface area (Å²) in [6, 6.07) is 13.5. The fraction of sp³-hybridized carbons (Fsp3) is 0.182. The Kier molecular flexibility index (Phi) is 4.98. The molecule has 0 saturated heterocycles. The number of carbonyl (C=O) groups is 2. The fourth-order valence-electron chi connectivity index (χ4n) is 3.17. The Labute approximate surface area is 172 Å². The molecule has 1 amide bonds. The van der Waals surface area contributed by atoms with Crippen LogP contribution in [0.3, 0.4) is 0 Å². The van der Waals surface area contributed by atoms with Crippen molar-refractivity contribution < 1.29 is 9.59 Å². The lowest BCUT2D eigenvalue weighted by atomic mass is 10.1. The van der Waals surface area contributed by atoms with Gasteiger partial charge >= 0.3 is 0 Å². The van der Waals surface area contributed by atoms with Gasteiger partial charge in [0.1, 0.15) is 5.78 Å². The number of ketones is 1. The van der Waals surface area contributed by atoms with E-state index in [0.717, 1.165) is 32.2 Å². The van der Waals surface area contributed by atoms with Crippen LogP contribution in [0, 0.1) is 0 Å². The maximum atomic E-state index is 12.3. The molecule has 0 atom stereocenters. The first-order chi connectivity index (χ1) is 13.9. The van der Waals surface area contributed by atoms with Gasteiger partial charge in [0.2, 0.25) is 5.95 Å². The zero-order chi connectivity index (χ0) is 20.5. The molecule has 7 heteroatoms. The van der Waals surface area contributed by atoms with E-state index in [2.05, 4.69) is 10.3 Å². The Balaban J connectivity index is 1.72. The lowest BCUT2D eigenvalue weighted by Crippen LogP contribution is -2.20. The molecule has 6 nitrogen and oxygen atoms in total. The van der Waals surface area contributed by atoms with E-state index in [1.54, 1.807) is 32.1 Å². The van der Waals surface area contributed by atoms with Gasteiger partial charge in [-0.1, -0.05) is 12.1 Å². The number of hydrogen-bond donors (Lipinski definition) is 1. The number of anilines is 2. The molecule has 0 aliphatic heterocycles. The highest BCUT2D eigenvalue weighted by molar-refractivity contribution is 7.21. The predicted octanol–water partition coefficient (Wildman–Crippen LogP) is 4.42. The molecule has 0 bridgehead atoms. The molecule has 0 unspecified atom stereocenters. The number of nitrogens with one attached hydrogen (secondary N) is 1. The van der Waals surface area contributed by atoms with E-state index < -0.39 is 0 Å². The van der Waals surface area contributed by atoms with Gasteiger partial charge in [-0.2, -0.15) is 0 Å². The molecule has 0 saturated carbocycles. The predicted molar refractivity (Wildman–Crippen MR) is 117 cm³/mol. The van der Waals surface area contributed by atoms with Crippen LogP contribution in [0.15, 0.2) is 48.7 Å². The Hall–Kier alpha value is -3.32. The van der Waals surface area contributed by atoms with E-state index in [4.69, 9.17) is 4.98 Å². The first kappa shape index (κ1) is 19.0. The van der Waals surface area contributed by atoms with Crippen molar-refractivity contribution in [3.05, 3.63) is 59.1 Å². The quantitative estimate of drug-likeness (QED) is 0.533. The maximum absolute atomic E-state index is 12.3. The number of thiophene rings is 1. The van der Waals surface area contributed by atoms with E-state index in [0.29, 0.717) is 17.2 Å². The zero-order valence-corrected chi connectivity index (χ0v) is 17.2. The molecular formula is C22H20N4O2S. The molecule has 0 aliphatic carbocycles. The van der Waals surface area contributed by atoms with Crippen LogP contribution < -0.4 is 5.32 Å². The third kappa shape index (κ3) is 3.95. The molecule has 0 aliphatic rings. The highest BCUT2D eigenvalue weighted by atomic mass is 32.1. The number of aromatic nitrogens is 2. The number of carbonyl (C=O) groups excluding carboxylic acids is 2. The maximum Gasteiger partial charge on any atom is 0.263 e. The van der Waals surface area contributed by atoms with Gasteiger partial charge < -0.3 is 10.2 Å². The SMILES string of the molecule is CC(=O)Cc1cccc(Nc2ncc3ccc4sc(C(=O)N(C)C)cc4c3n2)c1. The van der Waals surface area contributed by atoms with Gasteiger partial charge in [0, 0.05) is 47.9 Å². The molecule has 0 spiro atoms. The number of nitrogens with zero attached hydrogens (tertiary/aromatic N) is 3. The molecule has 2 aromatic heterocycles. The minimum Gasteiger partial charge on any atom is -0.344 e. The summed E-state index contributed by atoms with van der Waals surface area (Å²) in [5, 5.41) is 5.07. The van der Waals surface area contributed by atoms with E-state index in [1.807, 2.05) is 42.5 Å². The standard InChI is InChI=1S/C22H20N4O2S/c1-13(27)9-14-5-4-6-16(10-14)24-22-23-12-15-7-8-18-17(20(15)25-22)11-19(29-18)21(28)26(2)3/h4-8,10-12H,9H2,1-3H3,(H,23,24,25). The molecular weight excluding hydrogens is 384 g/mol. The third-order valence-electron chi connectivity index (χ3n) is 4.50. The molecule has 1 N–H and O–H groups in total. The second-order valence-electron chi connectivity index (χ2n) is 7.12. The van der Waals surface area contributed by atoms with Gasteiger partial charge in [-0.3, -0.25) is 9.59 Å². The Morgan fingerprint density at radius 1 is 1.14 bits per heavy atom. The summed E-state index contributed by atoms with van der Waals surface area (Å²) in [6.07, 6.45) is 2.17. The van der Waals surface area contributed by atoms with Crippen molar-refractivity contribution in [2.45, 2.75) is 13.3 Å². The number of rotatable bonds is 5. The molecule has 0 fully saturated rings. The van der Waals surface area contributed by atoms with Crippen LogP contribution in [0.4, 0.5) is 11.6 Å². The summed E-state index contributed by atoms with van der Waals surface area (Å²) >= 11 is 1.46. The average Bonchev–Trinajstić information content (AvgIpc) is 3.12. The highest BCUT2D eigenvalue weighted by Gasteiger charge is 2.15. The minimum atomic E-state index is -0.0194. The van der Waals surface area contributed by atoms with Crippen LogP contribution in [0.5, 0.6) is 0 Å². The van der Waals surface area contributed by atoms with E-state index in [-0.39, 0.29) is 11.7 Å². The van der Waals surface area contributed by atoms with Crippen LogP contribution in [0.25, 0.3) is 21.0 Å². The van der Waals surface area contributed by atoms with Crippen LogP contribution in [0.2, 0.25) is 0 Å². The first-order valence-electron chi connectivity index (χ1n) is 9.17. The largest absolute Gasteiger partial charge is 0.344 e. The van der Waals surface area contributed by atoms with E-state index in [1.165, 1.54) is 11.3 Å². The van der Waals surface area contributed by atoms with Crippen molar-refractivity contribution in [3.8, 4) is 0 Å². The lowest BCUT2D eigenvalue weighted by molar-refractivity contribution is -0.116. The van der Waals surface area contributed by atoms with Crippen molar-refractivity contribution in [2.75, 3.05) is 19.4 Å². The number of Topliss-reactive ketones (excluding diaryl/α,β-unsaturated/α-hetero) is 1. The topological polar surface area (TPSA) is 75.2 Å². The molecule has 29 heavy (non-hydrogen) atoms. The summed E-state index contributed by atoms with van der Waals surface area (Å²) < 4.78 is 1.01. The van der Waals surface area contributed by atoms with E-state index in [9.17, 15) is 9.59 Å². The van der Waals surface area contributed by atoms with Crippen molar-refractivity contribution in [1.29, 1.82) is 0 Å². The van der Waals surface area contributed by atoms with Gasteiger partial charge in [-0.25, -0.2) is 9.97 Å². The van der Waals surface area contributed by atoms with Crippen molar-refractivity contribution in [2.24, 2.45) is 0 Å². The normalized spacial score (nSPS) is 11.0. The number of amides is 1. The molecule has 146 valence electrons. The van der Waals surface area contributed by atoms with Gasteiger partial charge in [0.05, 0.1) is 10.4 Å². The first-order valence-corrected chi connectivity index (χ1v) is 9.99. The molecule has 2 heterocycles. The average molecular weight is 404 g/mol. The summed E-state index contributed by atoms with van der Waals surface area (Å²) in [5.74, 6) is 0.567. The highest BCUT2D eigenvalue weighted by Crippen LogP contribution is 2.32. The molecule has 2 aromatic carbocycles. The molecule has 4 rings (SSSR count). The third-order valence-corrected chi connectivity index (χ3v) is 5.59. The summed E-state index contributed by atoms with van der Waals surface area (Å²) in [6.45, 7) is 1.58.